The van der Waals surface area contributed by atoms with E-state index in [4.69, 9.17) is 14.2 Å². The van der Waals surface area contributed by atoms with Gasteiger partial charge in [0.2, 0.25) is 12.7 Å². The maximum absolute atomic E-state index is 13.6. The Labute approximate surface area is 213 Å². The first-order valence-corrected chi connectivity index (χ1v) is 12.7. The first-order valence-electron chi connectivity index (χ1n) is 11.9. The Morgan fingerprint density at radius 2 is 1.92 bits per heavy atom. The van der Waals surface area contributed by atoms with Crippen molar-refractivity contribution in [2.75, 3.05) is 26.5 Å². The highest BCUT2D eigenvalue weighted by molar-refractivity contribution is 7.10. The summed E-state index contributed by atoms with van der Waals surface area (Å²) in [6, 6.07) is 12.4. The van der Waals surface area contributed by atoms with E-state index in [-0.39, 0.29) is 49.7 Å². The number of fused-ring (bicyclic) bond motifs is 2. The fourth-order valence-corrected chi connectivity index (χ4v) is 5.43. The van der Waals surface area contributed by atoms with E-state index in [9.17, 15) is 14.0 Å². The van der Waals surface area contributed by atoms with Crippen LogP contribution in [-0.4, -0.2) is 54.1 Å². The maximum atomic E-state index is 13.6. The summed E-state index contributed by atoms with van der Waals surface area (Å²) in [6.45, 7) is 4.62. The van der Waals surface area contributed by atoms with Gasteiger partial charge in [0.15, 0.2) is 11.5 Å². The number of carbonyl (C=O) groups excluding carboxylic acids is 2. The number of ether oxygens (including phenoxy) is 3. The molecule has 2 amide bonds. The van der Waals surface area contributed by atoms with Crippen molar-refractivity contribution in [2.24, 2.45) is 0 Å². The van der Waals surface area contributed by atoms with Crippen molar-refractivity contribution in [1.29, 1.82) is 0 Å². The second kappa shape index (κ2) is 10.2. The van der Waals surface area contributed by atoms with E-state index in [2.05, 4.69) is 0 Å². The summed E-state index contributed by atoms with van der Waals surface area (Å²) in [6.07, 6.45) is 0.754. The number of halogens is 1. The molecule has 2 aromatic carbocycles. The van der Waals surface area contributed by atoms with Gasteiger partial charge in [-0.05, 0) is 79.7 Å². The van der Waals surface area contributed by atoms with Crippen LogP contribution in [0.25, 0.3) is 0 Å². The molecule has 188 valence electrons. The predicted molar refractivity (Wildman–Crippen MR) is 133 cm³/mol. The van der Waals surface area contributed by atoms with Crippen molar-refractivity contribution in [2.45, 2.75) is 32.4 Å². The molecule has 9 heteroatoms. The molecule has 1 aromatic heterocycles. The Kier molecular flexibility index (Phi) is 6.82. The Hall–Kier alpha value is -3.59. The lowest BCUT2D eigenvalue weighted by molar-refractivity contribution is -0.136. The highest BCUT2D eigenvalue weighted by Crippen LogP contribution is 2.35. The molecule has 5 rings (SSSR count). The topological polar surface area (TPSA) is 68.3 Å². The molecule has 7 nitrogen and oxygen atoms in total. The second-order valence-corrected chi connectivity index (χ2v) is 10.0. The maximum Gasteiger partial charge on any atom is 0.254 e. The number of amides is 2. The van der Waals surface area contributed by atoms with Crippen LogP contribution in [0.1, 0.15) is 40.7 Å². The molecule has 3 aromatic rings. The van der Waals surface area contributed by atoms with Crippen molar-refractivity contribution in [3.8, 4) is 17.2 Å². The van der Waals surface area contributed by atoms with Crippen LogP contribution in [-0.2, 0) is 11.2 Å². The molecule has 0 bridgehead atoms. The van der Waals surface area contributed by atoms with Gasteiger partial charge >= 0.3 is 0 Å². The van der Waals surface area contributed by atoms with Crippen LogP contribution < -0.4 is 14.2 Å². The molecule has 0 saturated carbocycles. The zero-order valence-electron chi connectivity index (χ0n) is 20.1. The third-order valence-corrected chi connectivity index (χ3v) is 7.44. The molecule has 0 unspecified atom stereocenters. The van der Waals surface area contributed by atoms with Crippen LogP contribution in [0, 0.1) is 5.82 Å². The van der Waals surface area contributed by atoms with Crippen LogP contribution in [0.4, 0.5) is 4.39 Å². The van der Waals surface area contributed by atoms with Gasteiger partial charge in [-0.1, -0.05) is 0 Å². The van der Waals surface area contributed by atoms with Crippen molar-refractivity contribution in [3.05, 3.63) is 75.7 Å². The molecule has 0 fully saturated rings. The molecular formula is C27H27FN2O5S. The summed E-state index contributed by atoms with van der Waals surface area (Å²) in [5, 5.41) is 2.02. The van der Waals surface area contributed by atoms with Crippen LogP contribution >= 0.6 is 11.3 Å². The number of hydrogen-bond acceptors (Lipinski definition) is 6. The zero-order chi connectivity index (χ0) is 25.2. The quantitative estimate of drug-likeness (QED) is 0.462. The van der Waals surface area contributed by atoms with E-state index < -0.39 is 0 Å². The lowest BCUT2D eigenvalue weighted by atomic mass is 10.00. The minimum Gasteiger partial charge on any atom is -0.491 e. The smallest absolute Gasteiger partial charge is 0.254 e. The average molecular weight is 511 g/mol. The van der Waals surface area contributed by atoms with Crippen LogP contribution in [0.2, 0.25) is 0 Å². The fraction of sp³-hybridized carbons (Fsp3) is 0.333. The van der Waals surface area contributed by atoms with E-state index in [1.807, 2.05) is 25.3 Å². The van der Waals surface area contributed by atoms with Gasteiger partial charge in [0, 0.05) is 23.0 Å². The van der Waals surface area contributed by atoms with Gasteiger partial charge in [-0.2, -0.15) is 0 Å². The predicted octanol–water partition coefficient (Wildman–Crippen LogP) is 4.67. The van der Waals surface area contributed by atoms with E-state index in [1.54, 1.807) is 51.5 Å². The number of hydrogen-bond donors (Lipinski definition) is 0. The van der Waals surface area contributed by atoms with Crippen LogP contribution in [0.15, 0.2) is 53.9 Å². The molecule has 1 atom stereocenters. The number of benzene rings is 2. The highest BCUT2D eigenvalue weighted by Gasteiger charge is 2.34. The third-order valence-electron chi connectivity index (χ3n) is 6.45. The molecule has 0 radical (unpaired) electrons. The van der Waals surface area contributed by atoms with Gasteiger partial charge in [0.25, 0.3) is 5.91 Å². The average Bonchev–Trinajstić information content (AvgIpc) is 3.55. The normalized spacial score (nSPS) is 16.1. The Balaban J connectivity index is 1.34. The summed E-state index contributed by atoms with van der Waals surface area (Å²) < 4.78 is 30.0. The minimum absolute atomic E-state index is 0.0581. The van der Waals surface area contributed by atoms with Crippen molar-refractivity contribution in [3.63, 3.8) is 0 Å². The molecule has 0 aliphatic carbocycles. The largest absolute Gasteiger partial charge is 0.491 e. The Bertz CT molecular complexity index is 1260. The number of nitrogens with zero attached hydrogens (tertiary/aromatic N) is 2. The molecular weight excluding hydrogens is 483 g/mol. The third kappa shape index (κ3) is 4.88. The zero-order valence-corrected chi connectivity index (χ0v) is 20.9. The highest BCUT2D eigenvalue weighted by atomic mass is 32.1. The van der Waals surface area contributed by atoms with Gasteiger partial charge in [-0.25, -0.2) is 4.39 Å². The van der Waals surface area contributed by atoms with E-state index in [1.165, 1.54) is 17.0 Å². The van der Waals surface area contributed by atoms with Gasteiger partial charge in [0.1, 0.15) is 24.7 Å². The van der Waals surface area contributed by atoms with E-state index in [0.717, 1.165) is 12.0 Å². The standard InChI is InChI=1S/C27H27FN2O5S/c1-17(2)30(27(32)18-3-8-23-24(13-18)35-16-34-23)14-26(31)29-11-9-25-21(10-12-36-25)22(29)15-33-20-6-4-19(28)5-7-20/h3-8,10,12-13,17,22H,9,11,14-16H2,1-2H3/t22-/m0/s1. The lowest BCUT2D eigenvalue weighted by Crippen LogP contribution is -2.49. The monoisotopic (exact) mass is 510 g/mol. The molecule has 36 heavy (non-hydrogen) atoms. The van der Waals surface area contributed by atoms with Crippen molar-refractivity contribution in [1.82, 2.24) is 9.80 Å². The molecule has 2 aliphatic heterocycles. The molecule has 0 saturated heterocycles. The van der Waals surface area contributed by atoms with Gasteiger partial charge in [-0.3, -0.25) is 9.59 Å². The SMILES string of the molecule is CC(C)N(CC(=O)N1CCc2sccc2[C@@H]1COc1ccc(F)cc1)C(=O)c1ccc2c(c1)OCO2. The molecule has 3 heterocycles. The summed E-state index contributed by atoms with van der Waals surface area (Å²) in [7, 11) is 0. The molecule has 0 spiro atoms. The number of carbonyl (C=O) groups is 2. The van der Waals surface area contributed by atoms with Crippen molar-refractivity contribution < 1.29 is 28.2 Å². The van der Waals surface area contributed by atoms with E-state index in [0.29, 0.717) is 29.4 Å². The van der Waals surface area contributed by atoms with Crippen molar-refractivity contribution >= 4 is 23.2 Å². The van der Waals surface area contributed by atoms with Crippen LogP contribution in [0.3, 0.4) is 0 Å². The van der Waals surface area contributed by atoms with Gasteiger partial charge in [0.05, 0.1) is 6.04 Å². The first-order chi connectivity index (χ1) is 17.4. The number of thiophene rings is 1. The van der Waals surface area contributed by atoms with Gasteiger partial charge < -0.3 is 24.0 Å². The summed E-state index contributed by atoms with van der Waals surface area (Å²) in [5.41, 5.74) is 1.50. The van der Waals surface area contributed by atoms with E-state index >= 15 is 0 Å². The minimum atomic E-state index is -0.335. The fourth-order valence-electron chi connectivity index (χ4n) is 4.50. The summed E-state index contributed by atoms with van der Waals surface area (Å²) >= 11 is 1.67. The molecule has 2 aliphatic rings. The summed E-state index contributed by atoms with van der Waals surface area (Å²) in [4.78, 5) is 31.6. The Morgan fingerprint density at radius 1 is 1.14 bits per heavy atom. The van der Waals surface area contributed by atoms with Crippen LogP contribution in [0.5, 0.6) is 17.2 Å². The Morgan fingerprint density at radius 3 is 2.69 bits per heavy atom. The first kappa shape index (κ1) is 24.1. The molecule has 0 N–H and O–H groups in total. The second-order valence-electron chi connectivity index (χ2n) is 9.01. The summed E-state index contributed by atoms with van der Waals surface area (Å²) in [5.74, 6) is 0.926. The lowest BCUT2D eigenvalue weighted by Gasteiger charge is -2.37. The van der Waals surface area contributed by atoms with Gasteiger partial charge in [-0.15, -0.1) is 11.3 Å². The number of rotatable bonds is 7.